The van der Waals surface area contributed by atoms with Crippen molar-refractivity contribution in [3.63, 3.8) is 0 Å². The van der Waals surface area contributed by atoms with Gasteiger partial charge in [0.05, 0.1) is 10.4 Å². The summed E-state index contributed by atoms with van der Waals surface area (Å²) in [5, 5.41) is 3.63. The Kier molecular flexibility index (Phi) is 5.28. The Morgan fingerprint density at radius 3 is 2.62 bits per heavy atom. The van der Waals surface area contributed by atoms with Crippen LogP contribution in [-0.4, -0.2) is 29.4 Å². The molecular formula is C16H15F3N2O2S. The van der Waals surface area contributed by atoms with E-state index in [0.717, 1.165) is 0 Å². The van der Waals surface area contributed by atoms with Gasteiger partial charge in [0.1, 0.15) is 6.54 Å². The molecule has 2 rings (SSSR count). The zero-order valence-corrected chi connectivity index (χ0v) is 13.8. The van der Waals surface area contributed by atoms with Crippen LogP contribution in [0.3, 0.4) is 0 Å². The van der Waals surface area contributed by atoms with E-state index in [1.165, 1.54) is 23.5 Å². The zero-order valence-electron chi connectivity index (χ0n) is 13.0. The highest BCUT2D eigenvalue weighted by atomic mass is 32.1. The molecular weight excluding hydrogens is 341 g/mol. The van der Waals surface area contributed by atoms with Crippen molar-refractivity contribution in [2.24, 2.45) is 0 Å². The first-order valence-corrected chi connectivity index (χ1v) is 7.87. The smallest absolute Gasteiger partial charge is 0.358 e. The lowest BCUT2D eigenvalue weighted by molar-refractivity contribution is -0.123. The average molecular weight is 356 g/mol. The first-order valence-electron chi connectivity index (χ1n) is 6.99. The highest BCUT2D eigenvalue weighted by molar-refractivity contribution is 7.12. The number of aryl methyl sites for hydroxylation is 1. The first kappa shape index (κ1) is 18.0. The highest BCUT2D eigenvalue weighted by Gasteiger charge is 2.29. The van der Waals surface area contributed by atoms with Crippen molar-refractivity contribution in [1.29, 1.82) is 0 Å². The van der Waals surface area contributed by atoms with Crippen molar-refractivity contribution in [2.45, 2.75) is 20.0 Å². The maximum absolute atomic E-state index is 12.2. The fourth-order valence-corrected chi connectivity index (χ4v) is 2.86. The molecule has 4 nitrogen and oxygen atoms in total. The molecule has 2 N–H and O–H groups in total. The Morgan fingerprint density at radius 1 is 1.33 bits per heavy atom. The normalized spacial score (nSPS) is 11.9. The van der Waals surface area contributed by atoms with Crippen LogP contribution in [0.5, 0.6) is 0 Å². The zero-order chi connectivity index (χ0) is 17.9. The number of carbonyl (C=O) groups excluding carboxylic acids is 2. The number of nitrogens with one attached hydrogen (secondary N) is 2. The van der Waals surface area contributed by atoms with Gasteiger partial charge in [0.15, 0.2) is 5.78 Å². The molecule has 0 saturated carbocycles. The van der Waals surface area contributed by atoms with Gasteiger partial charge in [-0.2, -0.15) is 13.2 Å². The van der Waals surface area contributed by atoms with Crippen LogP contribution < -0.4 is 5.32 Å². The summed E-state index contributed by atoms with van der Waals surface area (Å²) in [6.07, 6.45) is -1.59. The third kappa shape index (κ3) is 4.35. The van der Waals surface area contributed by atoms with E-state index >= 15 is 0 Å². The Bertz CT molecular complexity index is 774. The molecule has 24 heavy (non-hydrogen) atoms. The number of hydrogen-bond donors (Lipinski definition) is 2. The first-order chi connectivity index (χ1) is 11.2. The molecule has 0 bridgehead atoms. The van der Waals surface area contributed by atoms with E-state index in [-0.39, 0.29) is 11.3 Å². The van der Waals surface area contributed by atoms with E-state index in [1.54, 1.807) is 31.4 Å². The van der Waals surface area contributed by atoms with E-state index in [1.807, 2.05) is 5.32 Å². The minimum absolute atomic E-state index is 0.155. The summed E-state index contributed by atoms with van der Waals surface area (Å²) in [6, 6.07) is 3.46. The predicted octanol–water partition coefficient (Wildman–Crippen LogP) is 3.88. The molecule has 0 atom stereocenters. The summed E-state index contributed by atoms with van der Waals surface area (Å²) >= 11 is 1.31. The summed E-state index contributed by atoms with van der Waals surface area (Å²) in [7, 11) is 0. The minimum atomic E-state index is -4.47. The Balaban J connectivity index is 2.16. The maximum atomic E-state index is 12.2. The van der Waals surface area contributed by atoms with Crippen LogP contribution in [-0.2, 0) is 0 Å². The molecule has 0 saturated heterocycles. The van der Waals surface area contributed by atoms with E-state index in [2.05, 4.69) is 4.98 Å². The van der Waals surface area contributed by atoms with Crippen LogP contribution in [0.1, 0.15) is 37.0 Å². The number of thiophene rings is 1. The van der Waals surface area contributed by atoms with Crippen LogP contribution in [0.25, 0.3) is 6.08 Å². The maximum Gasteiger partial charge on any atom is 0.405 e. The van der Waals surface area contributed by atoms with Crippen molar-refractivity contribution in [2.75, 3.05) is 6.54 Å². The van der Waals surface area contributed by atoms with E-state index in [0.29, 0.717) is 21.8 Å². The predicted molar refractivity (Wildman–Crippen MR) is 86.3 cm³/mol. The topological polar surface area (TPSA) is 62.0 Å². The van der Waals surface area contributed by atoms with Crippen molar-refractivity contribution in [1.82, 2.24) is 10.3 Å². The number of hydrogen-bond acceptors (Lipinski definition) is 3. The molecule has 0 fully saturated rings. The van der Waals surface area contributed by atoms with Gasteiger partial charge in [0, 0.05) is 11.4 Å². The molecule has 2 aromatic heterocycles. The second-order valence-corrected chi connectivity index (χ2v) is 6.08. The summed E-state index contributed by atoms with van der Waals surface area (Å²) in [5.41, 5.74) is 1.59. The largest absolute Gasteiger partial charge is 0.405 e. The molecule has 0 aliphatic rings. The van der Waals surface area contributed by atoms with Crippen molar-refractivity contribution < 1.29 is 22.8 Å². The minimum Gasteiger partial charge on any atom is -0.358 e. The van der Waals surface area contributed by atoms with Crippen LogP contribution in [0.4, 0.5) is 13.2 Å². The molecule has 0 spiro atoms. The number of halogens is 3. The molecule has 0 aliphatic heterocycles. The van der Waals surface area contributed by atoms with Crippen LogP contribution in [0.2, 0.25) is 0 Å². The number of allylic oxidation sites excluding steroid dienone is 1. The van der Waals surface area contributed by atoms with Gasteiger partial charge in [-0.25, -0.2) is 0 Å². The second kappa shape index (κ2) is 7.04. The van der Waals surface area contributed by atoms with Crippen molar-refractivity contribution in [3.8, 4) is 0 Å². The van der Waals surface area contributed by atoms with Crippen LogP contribution in [0, 0.1) is 13.8 Å². The fraction of sp³-hybridized carbons (Fsp3) is 0.250. The van der Waals surface area contributed by atoms with Gasteiger partial charge >= 0.3 is 6.18 Å². The number of aromatic nitrogens is 1. The molecule has 0 unspecified atom stereocenters. The number of alkyl halides is 3. The summed E-state index contributed by atoms with van der Waals surface area (Å²) in [4.78, 5) is 27.4. The number of H-pyrrole nitrogens is 1. The number of amides is 1. The van der Waals surface area contributed by atoms with Gasteiger partial charge < -0.3 is 10.3 Å². The van der Waals surface area contributed by atoms with Gasteiger partial charge in [-0.3, -0.25) is 9.59 Å². The van der Waals surface area contributed by atoms with E-state index in [4.69, 9.17) is 0 Å². The SMILES string of the molecule is Cc1[nH]c(/C=C/C(=O)c2cccs2)c(C)c1C(=O)NCC(F)(F)F. The number of aromatic amines is 1. The third-order valence-electron chi connectivity index (χ3n) is 3.32. The van der Waals surface area contributed by atoms with Crippen molar-refractivity contribution in [3.05, 3.63) is 51.0 Å². The van der Waals surface area contributed by atoms with Gasteiger partial charge in [-0.1, -0.05) is 6.07 Å². The quantitative estimate of drug-likeness (QED) is 0.631. The number of ketones is 1. The molecule has 2 heterocycles. The van der Waals surface area contributed by atoms with Gasteiger partial charge in [0.2, 0.25) is 0 Å². The highest BCUT2D eigenvalue weighted by Crippen LogP contribution is 2.20. The Labute approximate surface area is 140 Å². The van der Waals surface area contributed by atoms with Gasteiger partial charge in [0.25, 0.3) is 5.91 Å². The van der Waals surface area contributed by atoms with Crippen LogP contribution in [0.15, 0.2) is 23.6 Å². The summed E-state index contributed by atoms with van der Waals surface area (Å²) in [6.45, 7) is 1.81. The molecule has 0 aliphatic carbocycles. The second-order valence-electron chi connectivity index (χ2n) is 5.14. The fourth-order valence-electron chi connectivity index (χ4n) is 2.21. The molecule has 0 radical (unpaired) electrons. The molecule has 1 amide bonds. The lowest BCUT2D eigenvalue weighted by Crippen LogP contribution is -2.34. The standard InChI is InChI=1S/C16H15F3N2O2S/c1-9-11(5-6-12(22)13-4-3-7-24-13)21-10(2)14(9)15(23)20-8-16(17,18)19/h3-7,21H,8H2,1-2H3,(H,20,23)/b6-5+. The lowest BCUT2D eigenvalue weighted by atomic mass is 10.1. The van der Waals surface area contributed by atoms with Crippen molar-refractivity contribution >= 4 is 29.1 Å². The molecule has 0 aromatic carbocycles. The summed E-state index contributed by atoms with van der Waals surface area (Å²) in [5.74, 6) is -0.984. The number of rotatable bonds is 5. The number of carbonyl (C=O) groups is 2. The third-order valence-corrected chi connectivity index (χ3v) is 4.20. The van der Waals surface area contributed by atoms with Gasteiger partial charge in [-0.05, 0) is 43.0 Å². The van der Waals surface area contributed by atoms with Gasteiger partial charge in [-0.15, -0.1) is 11.3 Å². The summed E-state index contributed by atoms with van der Waals surface area (Å²) < 4.78 is 36.6. The Morgan fingerprint density at radius 2 is 2.04 bits per heavy atom. The molecule has 2 aromatic rings. The van der Waals surface area contributed by atoms with E-state index < -0.39 is 18.6 Å². The Hall–Kier alpha value is -2.35. The average Bonchev–Trinajstić information content (AvgIpc) is 3.10. The molecule has 128 valence electrons. The van der Waals surface area contributed by atoms with E-state index in [9.17, 15) is 22.8 Å². The monoisotopic (exact) mass is 356 g/mol. The molecule has 8 heteroatoms. The van der Waals surface area contributed by atoms with Crippen LogP contribution >= 0.6 is 11.3 Å². The lowest BCUT2D eigenvalue weighted by Gasteiger charge is -2.08.